The average molecular weight is 697 g/mol. The van der Waals surface area contributed by atoms with Crippen molar-refractivity contribution < 1.29 is 0 Å². The summed E-state index contributed by atoms with van der Waals surface area (Å²) in [7, 11) is 0. The van der Waals surface area contributed by atoms with Crippen LogP contribution in [0.25, 0.3) is 0 Å². The van der Waals surface area contributed by atoms with E-state index in [4.69, 9.17) is 0 Å². The molecule has 9 rings (SSSR count). The topological polar surface area (TPSA) is 6.48 Å². The fourth-order valence-electron chi connectivity index (χ4n) is 10.3. The molecule has 5 aromatic carbocycles. The van der Waals surface area contributed by atoms with Gasteiger partial charge in [-0.2, -0.15) is 0 Å². The zero-order valence-electron chi connectivity index (χ0n) is 34.0. The minimum Gasteiger partial charge on any atom is -0.311 e. The van der Waals surface area contributed by atoms with Crippen molar-refractivity contribution in [3.05, 3.63) is 125 Å². The highest BCUT2D eigenvalue weighted by Gasteiger charge is 2.46. The summed E-state index contributed by atoms with van der Waals surface area (Å²) < 4.78 is 0. The Morgan fingerprint density at radius 3 is 1.55 bits per heavy atom. The molecule has 0 atom stereocenters. The van der Waals surface area contributed by atoms with Crippen molar-refractivity contribution in [2.24, 2.45) is 0 Å². The highest BCUT2D eigenvalue weighted by Crippen LogP contribution is 2.52. The van der Waals surface area contributed by atoms with Crippen molar-refractivity contribution >= 4 is 57.2 Å². The Hall–Kier alpha value is -4.24. The zero-order chi connectivity index (χ0) is 37.5. The molecular weight excluding hydrogens is 639 g/mol. The summed E-state index contributed by atoms with van der Waals surface area (Å²) in [6.45, 7) is 26.7. The minimum absolute atomic E-state index is 0.0969. The number of hydrogen-bond donors (Lipinski definition) is 0. The van der Waals surface area contributed by atoms with Gasteiger partial charge in [-0.15, -0.1) is 0 Å². The lowest BCUT2D eigenvalue weighted by Gasteiger charge is -2.48. The lowest BCUT2D eigenvalue weighted by Crippen LogP contribution is -2.61. The van der Waals surface area contributed by atoms with E-state index in [9.17, 15) is 0 Å². The summed E-state index contributed by atoms with van der Waals surface area (Å²) in [6.07, 6.45) is 4.82. The first-order valence-corrected chi connectivity index (χ1v) is 20.2. The van der Waals surface area contributed by atoms with Crippen LogP contribution >= 0.6 is 0 Å². The predicted molar refractivity (Wildman–Crippen MR) is 230 cm³/mol. The van der Waals surface area contributed by atoms with Crippen molar-refractivity contribution in [3.63, 3.8) is 0 Å². The van der Waals surface area contributed by atoms with Crippen LogP contribution in [0.15, 0.2) is 97.1 Å². The molecule has 0 radical (unpaired) electrons. The first-order valence-electron chi connectivity index (χ1n) is 20.2. The number of para-hydroxylation sites is 1. The lowest BCUT2D eigenvalue weighted by atomic mass is 9.33. The van der Waals surface area contributed by atoms with Crippen molar-refractivity contribution in [2.75, 3.05) is 9.80 Å². The van der Waals surface area contributed by atoms with Crippen molar-refractivity contribution in [3.8, 4) is 0 Å². The molecule has 53 heavy (non-hydrogen) atoms. The van der Waals surface area contributed by atoms with Crippen molar-refractivity contribution in [2.45, 2.75) is 129 Å². The first-order chi connectivity index (χ1) is 24.9. The lowest BCUT2D eigenvalue weighted by molar-refractivity contribution is 0.332. The average Bonchev–Trinajstić information content (AvgIpc) is 3.11. The molecule has 0 bridgehead atoms. The molecule has 0 spiro atoms. The summed E-state index contributed by atoms with van der Waals surface area (Å²) in [5.74, 6) is 0. The Labute approximate surface area is 319 Å². The number of nitrogens with zero attached hydrogens (tertiary/aromatic N) is 2. The predicted octanol–water partition coefficient (Wildman–Crippen LogP) is 11.8. The number of benzene rings is 5. The molecule has 0 N–H and O–H groups in total. The molecule has 2 aliphatic heterocycles. The van der Waals surface area contributed by atoms with Crippen LogP contribution in [0.2, 0.25) is 0 Å². The van der Waals surface area contributed by atoms with Gasteiger partial charge in [-0.1, -0.05) is 125 Å². The maximum Gasteiger partial charge on any atom is 0.252 e. The second-order valence-corrected chi connectivity index (χ2v) is 20.4. The fourth-order valence-corrected chi connectivity index (χ4v) is 10.3. The van der Waals surface area contributed by atoms with Crippen LogP contribution in [0.3, 0.4) is 0 Å². The van der Waals surface area contributed by atoms with Crippen molar-refractivity contribution in [1.82, 2.24) is 0 Å². The molecule has 4 aliphatic rings. The summed E-state index contributed by atoms with van der Waals surface area (Å²) in [6, 6.07) is 38.3. The molecule has 2 heterocycles. The molecule has 0 unspecified atom stereocenters. The molecule has 0 amide bonds. The van der Waals surface area contributed by atoms with E-state index in [0.29, 0.717) is 0 Å². The van der Waals surface area contributed by atoms with E-state index in [1.807, 2.05) is 0 Å². The first kappa shape index (κ1) is 34.5. The summed E-state index contributed by atoms with van der Waals surface area (Å²) in [4.78, 5) is 5.18. The number of rotatable bonds is 2. The smallest absolute Gasteiger partial charge is 0.252 e. The maximum absolute atomic E-state index is 2.65. The molecule has 0 saturated heterocycles. The van der Waals surface area contributed by atoms with Gasteiger partial charge in [0, 0.05) is 34.1 Å². The second kappa shape index (κ2) is 11.2. The van der Waals surface area contributed by atoms with Gasteiger partial charge in [-0.05, 0) is 145 Å². The summed E-state index contributed by atoms with van der Waals surface area (Å²) in [5.41, 5.74) is 19.9. The van der Waals surface area contributed by atoms with E-state index >= 15 is 0 Å². The highest BCUT2D eigenvalue weighted by molar-refractivity contribution is 7.00. The van der Waals surface area contributed by atoms with E-state index in [2.05, 4.69) is 183 Å². The highest BCUT2D eigenvalue weighted by atomic mass is 15.2. The van der Waals surface area contributed by atoms with Crippen LogP contribution < -0.4 is 26.2 Å². The molecule has 0 saturated carbocycles. The molecular formula is C50H57BN2. The fraction of sp³-hybridized carbons (Fsp3) is 0.400. The Morgan fingerprint density at radius 1 is 0.453 bits per heavy atom. The Kier molecular flexibility index (Phi) is 7.27. The third-order valence-corrected chi connectivity index (χ3v) is 14.0. The maximum atomic E-state index is 2.65. The Morgan fingerprint density at radius 2 is 0.943 bits per heavy atom. The largest absolute Gasteiger partial charge is 0.311 e. The quantitative estimate of drug-likeness (QED) is 0.166. The molecule has 0 aromatic heterocycles. The number of hydrogen-bond acceptors (Lipinski definition) is 2. The van der Waals surface area contributed by atoms with Gasteiger partial charge in [0.2, 0.25) is 0 Å². The van der Waals surface area contributed by atoms with Crippen LogP contribution in [0.4, 0.5) is 34.1 Å². The van der Waals surface area contributed by atoms with Gasteiger partial charge in [0.25, 0.3) is 6.71 Å². The van der Waals surface area contributed by atoms with Crippen LogP contribution in [0.1, 0.15) is 130 Å². The van der Waals surface area contributed by atoms with Crippen molar-refractivity contribution in [1.29, 1.82) is 0 Å². The van der Waals surface area contributed by atoms with Gasteiger partial charge >= 0.3 is 0 Å². The number of anilines is 6. The third-order valence-electron chi connectivity index (χ3n) is 14.0. The van der Waals surface area contributed by atoms with Gasteiger partial charge in [0.05, 0.1) is 0 Å². The minimum atomic E-state index is 0.0969. The van der Waals surface area contributed by atoms with Crippen LogP contribution in [0, 0.1) is 0 Å². The van der Waals surface area contributed by atoms with Gasteiger partial charge in [0.15, 0.2) is 0 Å². The SMILES string of the molecule is CC(C)(C)c1ccc(N2c3ccccc3B3c4cc5c(cc4N(c4ccc6c(c4)C(C)(C)CCC6(C)C)c4cccc2c43)C(C)(C)CCC5(C)C)cc1. The normalized spacial score (nSPS) is 19.8. The number of fused-ring (bicyclic) bond motifs is 6. The van der Waals surface area contributed by atoms with E-state index in [0.717, 1.165) is 0 Å². The van der Waals surface area contributed by atoms with E-state index in [1.54, 1.807) is 0 Å². The van der Waals surface area contributed by atoms with Crippen LogP contribution in [0.5, 0.6) is 0 Å². The summed E-state index contributed by atoms with van der Waals surface area (Å²) >= 11 is 0. The molecule has 0 fully saturated rings. The van der Waals surface area contributed by atoms with Crippen LogP contribution in [-0.2, 0) is 27.1 Å². The van der Waals surface area contributed by atoms with Gasteiger partial charge < -0.3 is 9.80 Å². The van der Waals surface area contributed by atoms with Crippen LogP contribution in [-0.4, -0.2) is 6.71 Å². The van der Waals surface area contributed by atoms with E-state index in [1.165, 1.54) is 104 Å². The van der Waals surface area contributed by atoms with Gasteiger partial charge in [-0.3, -0.25) is 0 Å². The molecule has 2 aliphatic carbocycles. The van der Waals surface area contributed by atoms with Gasteiger partial charge in [0.1, 0.15) is 0 Å². The van der Waals surface area contributed by atoms with E-state index < -0.39 is 0 Å². The summed E-state index contributed by atoms with van der Waals surface area (Å²) in [5, 5.41) is 0. The Balaban J connectivity index is 1.35. The molecule has 5 aromatic rings. The Bertz CT molecular complexity index is 2300. The second-order valence-electron chi connectivity index (χ2n) is 20.4. The molecule has 3 heteroatoms. The monoisotopic (exact) mass is 696 g/mol. The standard InChI is InChI=1S/C50H57BN2/c1-46(2,3)32-19-21-33(22-20-32)52-41-16-13-12-15-39(41)51-40-30-37-38(50(10,11)28-27-49(37,8)9)31-44(40)53(43-18-14-17-42(52)45(43)51)34-23-24-35-36(29-34)48(6,7)26-25-47(35,4)5/h12-24,29-31H,25-28H2,1-11H3. The molecule has 270 valence electrons. The van der Waals surface area contributed by atoms with Gasteiger partial charge in [-0.25, -0.2) is 0 Å². The van der Waals surface area contributed by atoms with E-state index in [-0.39, 0.29) is 33.8 Å². The zero-order valence-corrected chi connectivity index (χ0v) is 34.0. The molecule has 2 nitrogen and oxygen atoms in total. The third kappa shape index (κ3) is 5.12.